The molecule has 1 atom stereocenters. The van der Waals surface area contributed by atoms with Crippen molar-refractivity contribution in [3.05, 3.63) is 35.9 Å². The van der Waals surface area contributed by atoms with Crippen LogP contribution in [-0.4, -0.2) is 38.6 Å². The first-order valence-corrected chi connectivity index (χ1v) is 8.33. The minimum Gasteiger partial charge on any atom is -0.466 e. The number of esters is 1. The van der Waals surface area contributed by atoms with Gasteiger partial charge in [-0.1, -0.05) is 30.3 Å². The van der Waals surface area contributed by atoms with Crippen molar-refractivity contribution in [2.75, 3.05) is 26.4 Å². The summed E-state index contributed by atoms with van der Waals surface area (Å²) < 4.78 is 16.3. The number of benzene rings is 1. The van der Waals surface area contributed by atoms with Gasteiger partial charge in [0, 0.05) is 13.0 Å². The van der Waals surface area contributed by atoms with E-state index in [0.717, 1.165) is 31.6 Å². The Kier molecular flexibility index (Phi) is 7.02. The Morgan fingerprint density at radius 1 is 1.30 bits per heavy atom. The zero-order valence-electron chi connectivity index (χ0n) is 14.0. The third-order valence-electron chi connectivity index (χ3n) is 4.01. The SMILES string of the molecule is CCOC(=O)C[C@](C)(NCCC1OCCCO1)c1ccccc1. The van der Waals surface area contributed by atoms with Crippen molar-refractivity contribution in [2.45, 2.75) is 44.9 Å². The molecule has 128 valence electrons. The average Bonchev–Trinajstić information content (AvgIpc) is 2.57. The molecule has 1 fully saturated rings. The highest BCUT2D eigenvalue weighted by atomic mass is 16.7. The molecule has 0 unspecified atom stereocenters. The highest BCUT2D eigenvalue weighted by Gasteiger charge is 2.30. The van der Waals surface area contributed by atoms with Gasteiger partial charge in [-0.25, -0.2) is 0 Å². The highest BCUT2D eigenvalue weighted by Crippen LogP contribution is 2.25. The molecule has 0 aliphatic carbocycles. The van der Waals surface area contributed by atoms with Crippen molar-refractivity contribution >= 4 is 5.97 Å². The van der Waals surface area contributed by atoms with Crippen molar-refractivity contribution in [1.29, 1.82) is 0 Å². The highest BCUT2D eigenvalue weighted by molar-refractivity contribution is 5.71. The summed E-state index contributed by atoms with van der Waals surface area (Å²) in [5, 5.41) is 3.49. The van der Waals surface area contributed by atoms with E-state index in [2.05, 4.69) is 5.32 Å². The van der Waals surface area contributed by atoms with Gasteiger partial charge < -0.3 is 19.5 Å². The minimum absolute atomic E-state index is 0.154. The minimum atomic E-state index is -0.470. The fraction of sp³-hybridized carbons (Fsp3) is 0.611. The second kappa shape index (κ2) is 9.01. The lowest BCUT2D eigenvalue weighted by molar-refractivity contribution is -0.180. The largest absolute Gasteiger partial charge is 0.466 e. The lowest BCUT2D eigenvalue weighted by Crippen LogP contribution is -2.43. The van der Waals surface area contributed by atoms with Crippen molar-refractivity contribution in [1.82, 2.24) is 5.32 Å². The van der Waals surface area contributed by atoms with E-state index in [1.54, 1.807) is 0 Å². The Balaban J connectivity index is 1.96. The third-order valence-corrected chi connectivity index (χ3v) is 4.01. The maximum Gasteiger partial charge on any atom is 0.307 e. The molecule has 1 aromatic rings. The van der Waals surface area contributed by atoms with Gasteiger partial charge >= 0.3 is 5.97 Å². The first kappa shape index (κ1) is 17.9. The van der Waals surface area contributed by atoms with E-state index in [1.807, 2.05) is 44.2 Å². The summed E-state index contributed by atoms with van der Waals surface area (Å²) in [6.07, 6.45) is 1.84. The van der Waals surface area contributed by atoms with Crippen molar-refractivity contribution in [3.63, 3.8) is 0 Å². The molecular weight excluding hydrogens is 294 g/mol. The summed E-state index contributed by atoms with van der Waals surface area (Å²) in [6, 6.07) is 9.99. The molecule has 1 aliphatic rings. The van der Waals surface area contributed by atoms with E-state index < -0.39 is 5.54 Å². The summed E-state index contributed by atoms with van der Waals surface area (Å²) >= 11 is 0. The van der Waals surface area contributed by atoms with Crippen molar-refractivity contribution in [3.8, 4) is 0 Å². The molecule has 0 radical (unpaired) electrons. The first-order chi connectivity index (χ1) is 11.1. The number of ether oxygens (including phenoxy) is 3. The van der Waals surface area contributed by atoms with E-state index in [1.165, 1.54) is 0 Å². The standard InChI is InChI=1S/C18H27NO4/c1-3-21-16(20)14-18(2,15-8-5-4-6-9-15)19-11-10-17-22-12-7-13-23-17/h4-6,8-9,17,19H,3,7,10-14H2,1-2H3/t18-/m0/s1. The molecule has 23 heavy (non-hydrogen) atoms. The third kappa shape index (κ3) is 5.61. The van der Waals surface area contributed by atoms with E-state index in [9.17, 15) is 4.79 Å². The summed E-state index contributed by atoms with van der Waals surface area (Å²) in [7, 11) is 0. The van der Waals surface area contributed by atoms with Crippen molar-refractivity contribution < 1.29 is 19.0 Å². The lowest BCUT2D eigenvalue weighted by Gasteiger charge is -2.32. The molecule has 2 rings (SSSR count). The van der Waals surface area contributed by atoms with Crippen LogP contribution in [-0.2, 0) is 24.5 Å². The molecule has 1 aromatic carbocycles. The van der Waals surface area contributed by atoms with Crippen LogP contribution in [0.15, 0.2) is 30.3 Å². The predicted molar refractivity (Wildman–Crippen MR) is 88.0 cm³/mol. The van der Waals surface area contributed by atoms with Gasteiger partial charge in [-0.2, -0.15) is 0 Å². The fourth-order valence-electron chi connectivity index (χ4n) is 2.74. The molecule has 5 nitrogen and oxygen atoms in total. The Morgan fingerprint density at radius 3 is 2.65 bits per heavy atom. The molecule has 1 saturated heterocycles. The average molecular weight is 321 g/mol. The summed E-state index contributed by atoms with van der Waals surface area (Å²) in [5.41, 5.74) is 0.598. The number of carbonyl (C=O) groups is 1. The monoisotopic (exact) mass is 321 g/mol. The quantitative estimate of drug-likeness (QED) is 0.746. The number of carbonyl (C=O) groups excluding carboxylic acids is 1. The molecule has 0 amide bonds. The van der Waals surface area contributed by atoms with Crippen LogP contribution in [0.25, 0.3) is 0 Å². The van der Waals surface area contributed by atoms with Crippen LogP contribution in [0.1, 0.15) is 38.7 Å². The second-order valence-corrected chi connectivity index (χ2v) is 5.92. The Morgan fingerprint density at radius 2 is 2.00 bits per heavy atom. The van der Waals surface area contributed by atoms with Crippen LogP contribution < -0.4 is 5.32 Å². The maximum atomic E-state index is 12.0. The van der Waals surface area contributed by atoms with Gasteiger partial charge in [-0.3, -0.25) is 4.79 Å². The number of hydrogen-bond acceptors (Lipinski definition) is 5. The molecule has 1 aliphatic heterocycles. The molecule has 5 heteroatoms. The lowest BCUT2D eigenvalue weighted by atomic mass is 9.88. The molecule has 1 heterocycles. The van der Waals surface area contributed by atoms with Gasteiger partial charge in [0.2, 0.25) is 0 Å². The zero-order chi connectivity index (χ0) is 16.5. The van der Waals surface area contributed by atoms with E-state index in [4.69, 9.17) is 14.2 Å². The van der Waals surface area contributed by atoms with Gasteiger partial charge in [-0.05, 0) is 25.8 Å². The van der Waals surface area contributed by atoms with E-state index in [-0.39, 0.29) is 18.7 Å². The van der Waals surface area contributed by atoms with Crippen molar-refractivity contribution in [2.24, 2.45) is 0 Å². The van der Waals surface area contributed by atoms with E-state index >= 15 is 0 Å². The van der Waals surface area contributed by atoms with Crippen LogP contribution in [0.3, 0.4) is 0 Å². The normalized spacial score (nSPS) is 18.3. The van der Waals surface area contributed by atoms with Crippen LogP contribution in [0.4, 0.5) is 0 Å². The van der Waals surface area contributed by atoms with Crippen LogP contribution >= 0.6 is 0 Å². The fourth-order valence-corrected chi connectivity index (χ4v) is 2.74. The smallest absolute Gasteiger partial charge is 0.307 e. The summed E-state index contributed by atoms with van der Waals surface area (Å²) in [5.74, 6) is -0.198. The molecule has 0 spiro atoms. The summed E-state index contributed by atoms with van der Waals surface area (Å²) in [6.45, 7) is 6.46. The molecular formula is C18H27NO4. The van der Waals surface area contributed by atoms with Gasteiger partial charge in [0.1, 0.15) is 0 Å². The van der Waals surface area contributed by atoms with Crippen LogP contribution in [0.2, 0.25) is 0 Å². The van der Waals surface area contributed by atoms with Gasteiger partial charge in [-0.15, -0.1) is 0 Å². The van der Waals surface area contributed by atoms with Gasteiger partial charge in [0.25, 0.3) is 0 Å². The van der Waals surface area contributed by atoms with Gasteiger partial charge in [0.15, 0.2) is 6.29 Å². The number of rotatable bonds is 8. The van der Waals surface area contributed by atoms with Gasteiger partial charge in [0.05, 0.1) is 31.8 Å². The zero-order valence-corrected chi connectivity index (χ0v) is 14.0. The predicted octanol–water partition coefficient (Wildman–Crippen LogP) is 2.60. The summed E-state index contributed by atoms with van der Waals surface area (Å²) in [4.78, 5) is 12.0. The molecule has 0 bridgehead atoms. The van der Waals surface area contributed by atoms with Crippen LogP contribution in [0.5, 0.6) is 0 Å². The Bertz CT molecular complexity index is 473. The molecule has 0 saturated carbocycles. The molecule has 0 aromatic heterocycles. The molecule has 1 N–H and O–H groups in total. The van der Waals surface area contributed by atoms with Crippen LogP contribution in [0, 0.1) is 0 Å². The maximum absolute atomic E-state index is 12.0. The Labute approximate surface area is 138 Å². The van der Waals surface area contributed by atoms with E-state index in [0.29, 0.717) is 13.2 Å². The second-order valence-electron chi connectivity index (χ2n) is 5.92. The number of hydrogen-bond donors (Lipinski definition) is 1. The number of nitrogens with one attached hydrogen (secondary N) is 1. The first-order valence-electron chi connectivity index (χ1n) is 8.33. The Hall–Kier alpha value is -1.43. The topological polar surface area (TPSA) is 56.8 Å².